The SMILES string of the molecule is CCc1ccc(NN(C)c2ncncn2)cc1. The molecule has 0 aliphatic carbocycles. The number of aryl methyl sites for hydroxylation is 1. The van der Waals surface area contributed by atoms with E-state index in [1.165, 1.54) is 18.2 Å². The molecule has 2 aromatic rings. The topological polar surface area (TPSA) is 53.9 Å². The lowest BCUT2D eigenvalue weighted by atomic mass is 10.2. The third kappa shape index (κ3) is 2.90. The Balaban J connectivity index is 2.05. The summed E-state index contributed by atoms with van der Waals surface area (Å²) in [7, 11) is 1.86. The van der Waals surface area contributed by atoms with E-state index in [1.54, 1.807) is 5.01 Å². The van der Waals surface area contributed by atoms with Gasteiger partial charge in [-0.15, -0.1) is 0 Å². The Hall–Kier alpha value is -2.17. The van der Waals surface area contributed by atoms with Crippen molar-refractivity contribution >= 4 is 11.6 Å². The van der Waals surface area contributed by atoms with E-state index in [4.69, 9.17) is 0 Å². The van der Waals surface area contributed by atoms with Crippen LogP contribution in [0.25, 0.3) is 0 Å². The van der Waals surface area contributed by atoms with Crippen molar-refractivity contribution in [3.05, 3.63) is 42.5 Å². The minimum atomic E-state index is 0.583. The van der Waals surface area contributed by atoms with Gasteiger partial charge in [-0.25, -0.2) is 4.98 Å². The van der Waals surface area contributed by atoms with Crippen molar-refractivity contribution in [2.75, 3.05) is 17.5 Å². The van der Waals surface area contributed by atoms with Gasteiger partial charge in [-0.1, -0.05) is 19.1 Å². The molecule has 1 N–H and O–H groups in total. The maximum Gasteiger partial charge on any atom is 0.247 e. The van der Waals surface area contributed by atoms with Crippen LogP contribution in [-0.2, 0) is 6.42 Å². The molecule has 0 spiro atoms. The standard InChI is InChI=1S/C12H15N5/c1-3-10-4-6-11(7-5-10)16-17(2)12-14-8-13-9-15-12/h4-9,16H,3H2,1-2H3. The van der Waals surface area contributed by atoms with E-state index in [1.807, 2.05) is 19.2 Å². The zero-order valence-electron chi connectivity index (χ0n) is 9.96. The summed E-state index contributed by atoms with van der Waals surface area (Å²) in [6.45, 7) is 2.14. The Morgan fingerprint density at radius 2 is 1.76 bits per heavy atom. The summed E-state index contributed by atoms with van der Waals surface area (Å²) in [5.74, 6) is 0.583. The maximum atomic E-state index is 4.05. The van der Waals surface area contributed by atoms with Crippen LogP contribution in [0, 0.1) is 0 Å². The number of hydrazine groups is 1. The first kappa shape index (κ1) is 11.3. The van der Waals surface area contributed by atoms with Crippen LogP contribution in [-0.4, -0.2) is 22.0 Å². The lowest BCUT2D eigenvalue weighted by Crippen LogP contribution is -2.26. The van der Waals surface area contributed by atoms with Crippen LogP contribution in [0.1, 0.15) is 12.5 Å². The molecule has 2 rings (SSSR count). The average molecular weight is 229 g/mol. The van der Waals surface area contributed by atoms with E-state index in [9.17, 15) is 0 Å². The molecular weight excluding hydrogens is 214 g/mol. The van der Waals surface area contributed by atoms with Crippen molar-refractivity contribution in [2.45, 2.75) is 13.3 Å². The largest absolute Gasteiger partial charge is 0.296 e. The molecule has 0 saturated carbocycles. The van der Waals surface area contributed by atoms with Gasteiger partial charge in [-0.3, -0.25) is 10.4 Å². The molecule has 1 heterocycles. The minimum Gasteiger partial charge on any atom is -0.296 e. The Labute approximate surface area is 101 Å². The first-order valence-corrected chi connectivity index (χ1v) is 5.51. The lowest BCUT2D eigenvalue weighted by molar-refractivity contribution is 0.942. The van der Waals surface area contributed by atoms with E-state index in [-0.39, 0.29) is 0 Å². The molecule has 1 aromatic carbocycles. The molecule has 0 amide bonds. The number of anilines is 2. The van der Waals surface area contributed by atoms with Gasteiger partial charge in [0.05, 0.1) is 5.69 Å². The Morgan fingerprint density at radius 3 is 2.35 bits per heavy atom. The molecule has 0 radical (unpaired) electrons. The first-order valence-electron chi connectivity index (χ1n) is 5.51. The first-order chi connectivity index (χ1) is 8.29. The molecule has 0 fully saturated rings. The van der Waals surface area contributed by atoms with Crippen molar-refractivity contribution < 1.29 is 0 Å². The van der Waals surface area contributed by atoms with Crippen LogP contribution < -0.4 is 10.4 Å². The molecule has 0 saturated heterocycles. The van der Waals surface area contributed by atoms with Crippen molar-refractivity contribution in [1.29, 1.82) is 0 Å². The summed E-state index contributed by atoms with van der Waals surface area (Å²) in [4.78, 5) is 11.9. The molecule has 0 bridgehead atoms. The molecule has 17 heavy (non-hydrogen) atoms. The van der Waals surface area contributed by atoms with E-state index < -0.39 is 0 Å². The second kappa shape index (κ2) is 5.25. The highest BCUT2D eigenvalue weighted by Crippen LogP contribution is 2.12. The van der Waals surface area contributed by atoms with Gasteiger partial charge in [-0.05, 0) is 24.1 Å². The highest BCUT2D eigenvalue weighted by Gasteiger charge is 2.02. The summed E-state index contributed by atoms with van der Waals surface area (Å²) < 4.78 is 0. The van der Waals surface area contributed by atoms with Gasteiger partial charge >= 0.3 is 0 Å². The van der Waals surface area contributed by atoms with Crippen LogP contribution in [0.5, 0.6) is 0 Å². The smallest absolute Gasteiger partial charge is 0.247 e. The lowest BCUT2D eigenvalue weighted by Gasteiger charge is -2.18. The summed E-state index contributed by atoms with van der Waals surface area (Å²) in [6.07, 6.45) is 3.99. The van der Waals surface area contributed by atoms with Gasteiger partial charge in [0.1, 0.15) is 12.7 Å². The van der Waals surface area contributed by atoms with E-state index >= 15 is 0 Å². The molecule has 88 valence electrons. The number of hydrogen-bond acceptors (Lipinski definition) is 5. The number of hydrogen-bond donors (Lipinski definition) is 1. The minimum absolute atomic E-state index is 0.583. The van der Waals surface area contributed by atoms with Crippen LogP contribution in [0.2, 0.25) is 0 Å². The zero-order chi connectivity index (χ0) is 12.1. The molecule has 0 aliphatic heterocycles. The fourth-order valence-corrected chi connectivity index (χ4v) is 1.46. The monoisotopic (exact) mass is 229 g/mol. The fourth-order valence-electron chi connectivity index (χ4n) is 1.46. The van der Waals surface area contributed by atoms with Gasteiger partial charge in [-0.2, -0.15) is 9.97 Å². The molecular formula is C12H15N5. The van der Waals surface area contributed by atoms with E-state index in [2.05, 4.69) is 39.4 Å². The second-order valence-electron chi connectivity index (χ2n) is 3.66. The predicted octanol–water partition coefficient (Wildman–Crippen LogP) is 1.90. The quantitative estimate of drug-likeness (QED) is 0.811. The normalized spacial score (nSPS) is 10.0. The highest BCUT2D eigenvalue weighted by atomic mass is 15.5. The summed E-state index contributed by atoms with van der Waals surface area (Å²) in [5, 5.41) is 1.75. The molecule has 1 aromatic heterocycles. The van der Waals surface area contributed by atoms with Gasteiger partial charge in [0.15, 0.2) is 0 Å². The number of nitrogens with one attached hydrogen (secondary N) is 1. The number of benzene rings is 1. The van der Waals surface area contributed by atoms with E-state index in [0.29, 0.717) is 5.95 Å². The Kier molecular flexibility index (Phi) is 3.49. The third-order valence-corrected chi connectivity index (χ3v) is 2.44. The molecule has 0 unspecified atom stereocenters. The zero-order valence-corrected chi connectivity index (χ0v) is 9.96. The Morgan fingerprint density at radius 1 is 1.12 bits per heavy atom. The maximum absolute atomic E-state index is 4.05. The van der Waals surface area contributed by atoms with Crippen LogP contribution in [0.15, 0.2) is 36.9 Å². The van der Waals surface area contributed by atoms with Gasteiger partial charge in [0.2, 0.25) is 5.95 Å². The van der Waals surface area contributed by atoms with Crippen LogP contribution in [0.3, 0.4) is 0 Å². The molecule has 5 nitrogen and oxygen atoms in total. The van der Waals surface area contributed by atoms with Crippen molar-refractivity contribution in [3.63, 3.8) is 0 Å². The molecule has 0 aliphatic rings. The summed E-state index contributed by atoms with van der Waals surface area (Å²) >= 11 is 0. The van der Waals surface area contributed by atoms with Crippen molar-refractivity contribution in [2.24, 2.45) is 0 Å². The van der Waals surface area contributed by atoms with Gasteiger partial charge in [0.25, 0.3) is 0 Å². The Bertz CT molecular complexity index is 454. The summed E-state index contributed by atoms with van der Waals surface area (Å²) in [6, 6.07) is 8.28. The van der Waals surface area contributed by atoms with Crippen LogP contribution >= 0.6 is 0 Å². The van der Waals surface area contributed by atoms with Crippen LogP contribution in [0.4, 0.5) is 11.6 Å². The average Bonchev–Trinajstić information content (AvgIpc) is 2.40. The van der Waals surface area contributed by atoms with Gasteiger partial charge < -0.3 is 0 Å². The third-order valence-electron chi connectivity index (χ3n) is 2.44. The second-order valence-corrected chi connectivity index (χ2v) is 3.66. The molecule has 0 atom stereocenters. The molecule has 5 heteroatoms. The fraction of sp³-hybridized carbons (Fsp3) is 0.250. The van der Waals surface area contributed by atoms with Crippen molar-refractivity contribution in [1.82, 2.24) is 15.0 Å². The highest BCUT2D eigenvalue weighted by molar-refractivity contribution is 5.49. The number of aromatic nitrogens is 3. The number of nitrogens with zero attached hydrogens (tertiary/aromatic N) is 4. The van der Waals surface area contributed by atoms with Gasteiger partial charge in [0, 0.05) is 7.05 Å². The summed E-state index contributed by atoms with van der Waals surface area (Å²) in [5.41, 5.74) is 5.51. The van der Waals surface area contributed by atoms with Crippen molar-refractivity contribution in [3.8, 4) is 0 Å². The number of rotatable bonds is 4. The van der Waals surface area contributed by atoms with E-state index in [0.717, 1.165) is 12.1 Å². The predicted molar refractivity (Wildman–Crippen MR) is 67.7 cm³/mol.